The maximum absolute atomic E-state index is 2.52. The summed E-state index contributed by atoms with van der Waals surface area (Å²) < 4.78 is 0. The van der Waals surface area contributed by atoms with Crippen molar-refractivity contribution in [2.24, 2.45) is 33.5 Å². The lowest BCUT2D eigenvalue weighted by Gasteiger charge is -2.51. The van der Waals surface area contributed by atoms with Crippen LogP contribution in [0.3, 0.4) is 0 Å². The molecule has 0 heteroatoms. The lowest BCUT2D eigenvalue weighted by atomic mass is 9.53. The Morgan fingerprint density at radius 2 is 0.824 bits per heavy atom. The Morgan fingerprint density at radius 1 is 0.588 bits per heavy atom. The Bertz CT molecular complexity index is 250. The topological polar surface area (TPSA) is 0 Å². The van der Waals surface area contributed by atoms with Gasteiger partial charge in [-0.25, -0.2) is 0 Å². The molecule has 0 spiro atoms. The molecule has 0 heterocycles. The second-order valence-electron chi connectivity index (χ2n) is 8.57. The van der Waals surface area contributed by atoms with Gasteiger partial charge < -0.3 is 0 Å². The van der Waals surface area contributed by atoms with Crippen LogP contribution in [0.2, 0.25) is 0 Å². The van der Waals surface area contributed by atoms with Gasteiger partial charge in [0.25, 0.3) is 0 Å². The molecule has 0 nitrogen and oxygen atoms in total. The van der Waals surface area contributed by atoms with Crippen molar-refractivity contribution in [3.8, 4) is 0 Å². The summed E-state index contributed by atoms with van der Waals surface area (Å²) in [6.07, 6.45) is 1.36. The summed E-state index contributed by atoms with van der Waals surface area (Å²) in [6.45, 7) is 24.7. The van der Waals surface area contributed by atoms with Gasteiger partial charge in [-0.05, 0) is 39.9 Å². The molecule has 1 saturated carbocycles. The van der Waals surface area contributed by atoms with Gasteiger partial charge in [0.2, 0.25) is 0 Å². The highest BCUT2D eigenvalue weighted by Gasteiger charge is 2.66. The average Bonchev–Trinajstić information content (AvgIpc) is 2.25. The molecular formula is C17H34. The summed E-state index contributed by atoms with van der Waals surface area (Å²) in [4.78, 5) is 0. The highest BCUT2D eigenvalue weighted by atomic mass is 14.7. The number of rotatable bonds is 2. The minimum atomic E-state index is 0.382. The Morgan fingerprint density at radius 3 is 0.941 bits per heavy atom. The smallest absolute Gasteiger partial charge is 0.0241 e. The molecule has 0 N–H and O–H groups in total. The van der Waals surface area contributed by atoms with Crippen LogP contribution in [-0.2, 0) is 0 Å². The van der Waals surface area contributed by atoms with E-state index in [4.69, 9.17) is 0 Å². The SMILES string of the molecule is CC(C)C1(C)CC(C)(C(C)C)C(C)(C)C1(C)C. The highest BCUT2D eigenvalue weighted by Crippen LogP contribution is 2.74. The molecule has 0 aromatic heterocycles. The molecule has 1 aliphatic carbocycles. The first-order chi connectivity index (χ1) is 7.34. The van der Waals surface area contributed by atoms with Gasteiger partial charge in [-0.3, -0.25) is 0 Å². The van der Waals surface area contributed by atoms with E-state index in [9.17, 15) is 0 Å². The van der Waals surface area contributed by atoms with Crippen LogP contribution in [0.5, 0.6) is 0 Å². The third-order valence-corrected chi connectivity index (χ3v) is 7.70. The molecule has 2 atom stereocenters. The molecule has 102 valence electrons. The van der Waals surface area contributed by atoms with Crippen molar-refractivity contribution in [3.63, 3.8) is 0 Å². The van der Waals surface area contributed by atoms with E-state index in [-0.39, 0.29) is 0 Å². The van der Waals surface area contributed by atoms with Crippen molar-refractivity contribution in [2.75, 3.05) is 0 Å². The zero-order chi connectivity index (χ0) is 13.9. The van der Waals surface area contributed by atoms with Crippen LogP contribution in [0.1, 0.15) is 75.7 Å². The summed E-state index contributed by atoms with van der Waals surface area (Å²) in [5.41, 5.74) is 1.64. The van der Waals surface area contributed by atoms with Gasteiger partial charge in [0, 0.05) is 0 Å². The van der Waals surface area contributed by atoms with E-state index in [0.29, 0.717) is 21.7 Å². The highest BCUT2D eigenvalue weighted by molar-refractivity contribution is 5.15. The molecule has 0 saturated heterocycles. The molecule has 2 unspecified atom stereocenters. The van der Waals surface area contributed by atoms with Crippen molar-refractivity contribution in [1.29, 1.82) is 0 Å². The van der Waals surface area contributed by atoms with Gasteiger partial charge in [0.05, 0.1) is 0 Å². The van der Waals surface area contributed by atoms with E-state index in [0.717, 1.165) is 11.8 Å². The summed E-state index contributed by atoms with van der Waals surface area (Å²) in [5.74, 6) is 1.50. The fraction of sp³-hybridized carbons (Fsp3) is 1.00. The second-order valence-corrected chi connectivity index (χ2v) is 8.57. The number of hydrogen-bond donors (Lipinski definition) is 0. The Balaban J connectivity index is 3.40. The predicted octanol–water partition coefficient (Wildman–Crippen LogP) is 5.77. The van der Waals surface area contributed by atoms with E-state index in [1.807, 2.05) is 0 Å². The summed E-state index contributed by atoms with van der Waals surface area (Å²) in [7, 11) is 0. The van der Waals surface area contributed by atoms with Crippen molar-refractivity contribution < 1.29 is 0 Å². The molecule has 0 aromatic carbocycles. The van der Waals surface area contributed by atoms with E-state index in [1.54, 1.807) is 0 Å². The predicted molar refractivity (Wildman–Crippen MR) is 78.1 cm³/mol. The molecule has 1 rings (SSSR count). The van der Waals surface area contributed by atoms with Crippen LogP contribution >= 0.6 is 0 Å². The van der Waals surface area contributed by atoms with Crippen molar-refractivity contribution in [2.45, 2.75) is 75.7 Å². The lowest BCUT2D eigenvalue weighted by molar-refractivity contribution is -0.0317. The Hall–Kier alpha value is 0. The first kappa shape index (κ1) is 15.1. The van der Waals surface area contributed by atoms with E-state index in [2.05, 4.69) is 69.2 Å². The maximum Gasteiger partial charge on any atom is -0.0241 e. The zero-order valence-electron chi connectivity index (χ0n) is 13.9. The molecule has 1 aliphatic rings. The normalized spacial score (nSPS) is 40.2. The number of hydrogen-bond acceptors (Lipinski definition) is 0. The first-order valence-electron chi connectivity index (χ1n) is 7.34. The van der Waals surface area contributed by atoms with Crippen LogP contribution in [-0.4, -0.2) is 0 Å². The van der Waals surface area contributed by atoms with Crippen LogP contribution in [0.25, 0.3) is 0 Å². The monoisotopic (exact) mass is 238 g/mol. The molecule has 1 fully saturated rings. The lowest BCUT2D eigenvalue weighted by Crippen LogP contribution is -2.45. The van der Waals surface area contributed by atoms with Gasteiger partial charge in [-0.15, -0.1) is 0 Å². The molecule has 17 heavy (non-hydrogen) atoms. The van der Waals surface area contributed by atoms with Gasteiger partial charge in [0.15, 0.2) is 0 Å². The van der Waals surface area contributed by atoms with Crippen molar-refractivity contribution in [3.05, 3.63) is 0 Å². The van der Waals surface area contributed by atoms with Crippen LogP contribution in [0.4, 0.5) is 0 Å². The first-order valence-corrected chi connectivity index (χ1v) is 7.34. The van der Waals surface area contributed by atoms with Gasteiger partial charge >= 0.3 is 0 Å². The molecule has 0 bridgehead atoms. The minimum Gasteiger partial charge on any atom is -0.0622 e. The van der Waals surface area contributed by atoms with Gasteiger partial charge in [-0.2, -0.15) is 0 Å². The van der Waals surface area contributed by atoms with Crippen molar-refractivity contribution >= 4 is 0 Å². The average molecular weight is 238 g/mol. The van der Waals surface area contributed by atoms with Crippen LogP contribution in [0, 0.1) is 33.5 Å². The molecule has 0 aliphatic heterocycles. The second kappa shape index (κ2) is 3.75. The third kappa shape index (κ3) is 1.55. The summed E-state index contributed by atoms with van der Waals surface area (Å²) in [5, 5.41) is 0. The summed E-state index contributed by atoms with van der Waals surface area (Å²) in [6, 6.07) is 0. The minimum absolute atomic E-state index is 0.382. The van der Waals surface area contributed by atoms with Gasteiger partial charge in [-0.1, -0.05) is 69.2 Å². The van der Waals surface area contributed by atoms with E-state index >= 15 is 0 Å². The standard InChI is InChI=1S/C17H34/c1-12(2)16(9)11-17(10,13(3)4)15(7,8)14(16,5)6/h12-13H,11H2,1-10H3. The van der Waals surface area contributed by atoms with E-state index in [1.165, 1.54) is 6.42 Å². The summed E-state index contributed by atoms with van der Waals surface area (Å²) >= 11 is 0. The van der Waals surface area contributed by atoms with Crippen molar-refractivity contribution in [1.82, 2.24) is 0 Å². The molecule has 0 radical (unpaired) electrons. The molecular weight excluding hydrogens is 204 g/mol. The molecule has 0 aromatic rings. The Labute approximate surface area is 110 Å². The Kier molecular flexibility index (Phi) is 3.32. The zero-order valence-corrected chi connectivity index (χ0v) is 13.9. The fourth-order valence-corrected chi connectivity index (χ4v) is 4.48. The largest absolute Gasteiger partial charge is 0.0622 e. The van der Waals surface area contributed by atoms with Crippen LogP contribution in [0.15, 0.2) is 0 Å². The third-order valence-electron chi connectivity index (χ3n) is 7.70. The van der Waals surface area contributed by atoms with E-state index < -0.39 is 0 Å². The quantitative estimate of drug-likeness (QED) is 0.573. The van der Waals surface area contributed by atoms with Crippen LogP contribution < -0.4 is 0 Å². The molecule has 0 amide bonds. The van der Waals surface area contributed by atoms with Gasteiger partial charge in [0.1, 0.15) is 0 Å². The fourth-order valence-electron chi connectivity index (χ4n) is 4.48. The maximum atomic E-state index is 2.52.